The first-order valence-electron chi connectivity index (χ1n) is 8.70. The Labute approximate surface area is 145 Å². The molecule has 128 valence electrons. The van der Waals surface area contributed by atoms with Gasteiger partial charge in [0, 0.05) is 6.54 Å². The van der Waals surface area contributed by atoms with Gasteiger partial charge < -0.3 is 14.8 Å². The first-order valence-corrected chi connectivity index (χ1v) is 8.70. The maximum Gasteiger partial charge on any atom is 0.122 e. The van der Waals surface area contributed by atoms with E-state index in [9.17, 15) is 0 Å². The van der Waals surface area contributed by atoms with Crippen molar-refractivity contribution < 1.29 is 9.47 Å². The first kappa shape index (κ1) is 16.8. The second kappa shape index (κ2) is 6.86. The van der Waals surface area contributed by atoms with Crippen LogP contribution in [0.4, 0.5) is 0 Å². The summed E-state index contributed by atoms with van der Waals surface area (Å²) in [5.41, 5.74) is 7.93. The number of benzene rings is 2. The zero-order valence-electron chi connectivity index (χ0n) is 15.3. The highest BCUT2D eigenvalue weighted by Gasteiger charge is 2.25. The van der Waals surface area contributed by atoms with Crippen LogP contribution in [0.2, 0.25) is 0 Å². The van der Waals surface area contributed by atoms with Crippen LogP contribution in [0.3, 0.4) is 0 Å². The molecule has 3 nitrogen and oxygen atoms in total. The minimum absolute atomic E-state index is 0.231. The largest absolute Gasteiger partial charge is 0.496 e. The average molecular weight is 325 g/mol. The van der Waals surface area contributed by atoms with Crippen molar-refractivity contribution in [2.75, 3.05) is 20.3 Å². The number of nitrogens with one attached hydrogen (secondary N) is 1. The molecule has 0 saturated heterocycles. The second-order valence-corrected chi connectivity index (χ2v) is 6.49. The van der Waals surface area contributed by atoms with Crippen molar-refractivity contribution in [1.82, 2.24) is 5.32 Å². The monoisotopic (exact) mass is 325 g/mol. The SMILES string of the molecule is CCOc1ccc2c(c1)CCNC2c1c(C)cc(OC)c(C)c1C. The molecule has 0 spiro atoms. The van der Waals surface area contributed by atoms with Crippen molar-refractivity contribution in [1.29, 1.82) is 0 Å². The highest BCUT2D eigenvalue weighted by Crippen LogP contribution is 2.37. The van der Waals surface area contributed by atoms with Gasteiger partial charge in [0.15, 0.2) is 0 Å². The van der Waals surface area contributed by atoms with Gasteiger partial charge in [0.1, 0.15) is 11.5 Å². The van der Waals surface area contributed by atoms with Crippen molar-refractivity contribution >= 4 is 0 Å². The summed E-state index contributed by atoms with van der Waals surface area (Å²) in [5, 5.41) is 3.71. The van der Waals surface area contributed by atoms with E-state index in [1.54, 1.807) is 7.11 Å². The molecule has 0 bridgehead atoms. The number of fused-ring (bicyclic) bond motifs is 1. The molecule has 2 aromatic carbocycles. The molecule has 1 unspecified atom stereocenters. The Morgan fingerprint density at radius 2 is 1.92 bits per heavy atom. The van der Waals surface area contributed by atoms with E-state index < -0.39 is 0 Å². The van der Waals surface area contributed by atoms with E-state index in [0.29, 0.717) is 6.61 Å². The van der Waals surface area contributed by atoms with E-state index in [1.807, 2.05) is 6.92 Å². The minimum atomic E-state index is 0.231. The molecule has 0 aliphatic carbocycles. The molecule has 1 aliphatic heterocycles. The lowest BCUT2D eigenvalue weighted by Gasteiger charge is -2.31. The van der Waals surface area contributed by atoms with Crippen LogP contribution in [0.1, 0.15) is 46.3 Å². The molecule has 3 heteroatoms. The van der Waals surface area contributed by atoms with Gasteiger partial charge in [-0.3, -0.25) is 0 Å². The van der Waals surface area contributed by atoms with Gasteiger partial charge in [-0.25, -0.2) is 0 Å². The molecule has 1 atom stereocenters. The lowest BCUT2D eigenvalue weighted by atomic mass is 9.84. The van der Waals surface area contributed by atoms with Crippen LogP contribution in [-0.4, -0.2) is 20.3 Å². The Bertz CT molecular complexity index is 752. The fourth-order valence-corrected chi connectivity index (χ4v) is 3.78. The van der Waals surface area contributed by atoms with Crippen LogP contribution in [0, 0.1) is 20.8 Å². The summed E-state index contributed by atoms with van der Waals surface area (Å²) in [4.78, 5) is 0. The van der Waals surface area contributed by atoms with Crippen molar-refractivity contribution in [2.45, 2.75) is 40.2 Å². The van der Waals surface area contributed by atoms with Gasteiger partial charge in [-0.05, 0) is 85.7 Å². The molecule has 0 saturated carbocycles. The van der Waals surface area contributed by atoms with Crippen LogP contribution >= 0.6 is 0 Å². The zero-order chi connectivity index (χ0) is 17.3. The van der Waals surface area contributed by atoms with Crippen LogP contribution in [-0.2, 0) is 6.42 Å². The van der Waals surface area contributed by atoms with Crippen LogP contribution in [0.5, 0.6) is 11.5 Å². The number of methoxy groups -OCH3 is 1. The maximum absolute atomic E-state index is 5.67. The molecular weight excluding hydrogens is 298 g/mol. The van der Waals surface area contributed by atoms with E-state index in [-0.39, 0.29) is 6.04 Å². The third kappa shape index (κ3) is 2.89. The molecule has 2 aromatic rings. The lowest BCUT2D eigenvalue weighted by molar-refractivity contribution is 0.339. The summed E-state index contributed by atoms with van der Waals surface area (Å²) >= 11 is 0. The molecule has 0 aromatic heterocycles. The Morgan fingerprint density at radius 3 is 2.62 bits per heavy atom. The quantitative estimate of drug-likeness (QED) is 0.911. The standard InChI is InChI=1S/C21H27NO2/c1-6-24-17-7-8-18-16(12-17)9-10-22-21(18)20-13(2)11-19(23-5)14(3)15(20)4/h7-8,11-12,21-22H,6,9-10H2,1-5H3. The Hall–Kier alpha value is -2.00. The molecule has 1 aliphatic rings. The summed E-state index contributed by atoms with van der Waals surface area (Å²) in [6, 6.07) is 8.89. The van der Waals surface area contributed by atoms with Crippen LogP contribution in [0.15, 0.2) is 24.3 Å². The second-order valence-electron chi connectivity index (χ2n) is 6.49. The van der Waals surface area contributed by atoms with Gasteiger partial charge in [-0.1, -0.05) is 6.07 Å². The van der Waals surface area contributed by atoms with Gasteiger partial charge in [0.2, 0.25) is 0 Å². The predicted molar refractivity (Wildman–Crippen MR) is 98.4 cm³/mol. The molecule has 0 amide bonds. The molecular formula is C21H27NO2. The molecule has 24 heavy (non-hydrogen) atoms. The third-order valence-corrected chi connectivity index (χ3v) is 5.10. The predicted octanol–water partition coefficient (Wildman–Crippen LogP) is 4.25. The zero-order valence-corrected chi connectivity index (χ0v) is 15.3. The summed E-state index contributed by atoms with van der Waals surface area (Å²) in [6.07, 6.45) is 1.04. The van der Waals surface area contributed by atoms with Crippen molar-refractivity contribution in [3.05, 3.63) is 57.6 Å². The van der Waals surface area contributed by atoms with E-state index in [2.05, 4.69) is 50.4 Å². The Kier molecular flexibility index (Phi) is 4.81. The van der Waals surface area contributed by atoms with E-state index >= 15 is 0 Å². The molecule has 3 rings (SSSR count). The van der Waals surface area contributed by atoms with Crippen molar-refractivity contribution in [2.24, 2.45) is 0 Å². The Balaban J connectivity index is 2.08. The summed E-state index contributed by atoms with van der Waals surface area (Å²) in [7, 11) is 1.74. The Morgan fingerprint density at radius 1 is 1.12 bits per heavy atom. The normalized spacial score (nSPS) is 16.6. The van der Waals surface area contributed by atoms with Crippen molar-refractivity contribution in [3.8, 4) is 11.5 Å². The van der Waals surface area contributed by atoms with Gasteiger partial charge >= 0.3 is 0 Å². The molecule has 0 radical (unpaired) electrons. The number of hydrogen-bond acceptors (Lipinski definition) is 3. The maximum atomic E-state index is 5.67. The van der Waals surface area contributed by atoms with E-state index in [0.717, 1.165) is 24.5 Å². The minimum Gasteiger partial charge on any atom is -0.496 e. The summed E-state index contributed by atoms with van der Waals surface area (Å²) in [5.74, 6) is 1.94. The molecule has 1 N–H and O–H groups in total. The fraction of sp³-hybridized carbons (Fsp3) is 0.429. The van der Waals surface area contributed by atoms with Gasteiger partial charge in [-0.15, -0.1) is 0 Å². The van der Waals surface area contributed by atoms with E-state index in [1.165, 1.54) is 33.4 Å². The van der Waals surface area contributed by atoms with Crippen LogP contribution < -0.4 is 14.8 Å². The highest BCUT2D eigenvalue weighted by molar-refractivity contribution is 5.53. The number of aryl methyl sites for hydroxylation is 1. The number of ether oxygens (including phenoxy) is 2. The topological polar surface area (TPSA) is 30.5 Å². The number of hydrogen-bond donors (Lipinski definition) is 1. The van der Waals surface area contributed by atoms with Crippen LogP contribution in [0.25, 0.3) is 0 Å². The summed E-state index contributed by atoms with van der Waals surface area (Å²) < 4.78 is 11.2. The third-order valence-electron chi connectivity index (χ3n) is 5.10. The highest BCUT2D eigenvalue weighted by atomic mass is 16.5. The van der Waals surface area contributed by atoms with Crippen molar-refractivity contribution in [3.63, 3.8) is 0 Å². The fourth-order valence-electron chi connectivity index (χ4n) is 3.78. The molecule has 1 heterocycles. The van der Waals surface area contributed by atoms with Gasteiger partial charge in [0.25, 0.3) is 0 Å². The average Bonchev–Trinajstić information content (AvgIpc) is 2.58. The lowest BCUT2D eigenvalue weighted by Crippen LogP contribution is -2.31. The van der Waals surface area contributed by atoms with Gasteiger partial charge in [0.05, 0.1) is 19.8 Å². The first-order chi connectivity index (χ1) is 11.6. The van der Waals surface area contributed by atoms with E-state index in [4.69, 9.17) is 9.47 Å². The smallest absolute Gasteiger partial charge is 0.122 e. The molecule has 0 fully saturated rings. The number of rotatable bonds is 4. The summed E-state index contributed by atoms with van der Waals surface area (Å²) in [6.45, 7) is 10.2. The van der Waals surface area contributed by atoms with Gasteiger partial charge in [-0.2, -0.15) is 0 Å².